The van der Waals surface area contributed by atoms with Crippen molar-refractivity contribution in [2.75, 3.05) is 13.7 Å². The molecule has 1 aliphatic carbocycles. The van der Waals surface area contributed by atoms with Crippen LogP contribution in [0.25, 0.3) is 0 Å². The molecule has 7 heteroatoms. The van der Waals surface area contributed by atoms with E-state index < -0.39 is 11.5 Å². The van der Waals surface area contributed by atoms with Crippen LogP contribution in [0.1, 0.15) is 30.1 Å². The lowest BCUT2D eigenvalue weighted by molar-refractivity contribution is -0.124. The average Bonchev–Trinajstić information content (AvgIpc) is 3.38. The standard InChI is InChI=1S/C16H17BrN2O4/c1-16(9-18,11-4-5-11)19-14(20)8-23-13-6-3-10(7-12(13)17)15(21)22-2/h3,6-7,11H,4-5,8H2,1-2H3,(H,19,20). The Morgan fingerprint density at radius 1 is 1.48 bits per heavy atom. The van der Waals surface area contributed by atoms with Gasteiger partial charge in [0.1, 0.15) is 11.3 Å². The van der Waals surface area contributed by atoms with Gasteiger partial charge in [-0.15, -0.1) is 0 Å². The highest BCUT2D eigenvalue weighted by molar-refractivity contribution is 9.10. The number of methoxy groups -OCH3 is 1. The zero-order chi connectivity index (χ0) is 17.0. The van der Waals surface area contributed by atoms with Crippen LogP contribution in [0.15, 0.2) is 22.7 Å². The summed E-state index contributed by atoms with van der Waals surface area (Å²) < 4.78 is 10.6. The molecule has 1 aromatic rings. The van der Waals surface area contributed by atoms with Crippen LogP contribution >= 0.6 is 15.9 Å². The Labute approximate surface area is 142 Å². The molecule has 0 radical (unpaired) electrons. The van der Waals surface area contributed by atoms with E-state index in [4.69, 9.17) is 4.74 Å². The molecule has 1 N–H and O–H groups in total. The van der Waals surface area contributed by atoms with Gasteiger partial charge in [0, 0.05) is 0 Å². The maximum atomic E-state index is 12.0. The highest BCUT2D eigenvalue weighted by atomic mass is 79.9. The quantitative estimate of drug-likeness (QED) is 0.765. The van der Waals surface area contributed by atoms with E-state index in [-0.39, 0.29) is 18.4 Å². The normalized spacial score (nSPS) is 15.9. The first-order valence-corrected chi connectivity index (χ1v) is 7.92. The minimum atomic E-state index is -0.841. The molecule has 2 rings (SSSR count). The Morgan fingerprint density at radius 2 is 2.17 bits per heavy atom. The summed E-state index contributed by atoms with van der Waals surface area (Å²) in [5.41, 5.74) is -0.464. The zero-order valence-corrected chi connectivity index (χ0v) is 14.5. The van der Waals surface area contributed by atoms with Gasteiger partial charge in [0.05, 0.1) is 23.2 Å². The first-order chi connectivity index (χ1) is 10.9. The molecule has 0 aromatic heterocycles. The molecule has 0 bridgehead atoms. The molecule has 0 aliphatic heterocycles. The van der Waals surface area contributed by atoms with Crippen molar-refractivity contribution in [3.05, 3.63) is 28.2 Å². The van der Waals surface area contributed by atoms with Crippen LogP contribution in [0.4, 0.5) is 0 Å². The second kappa shape index (κ2) is 7.01. The van der Waals surface area contributed by atoms with E-state index in [1.807, 2.05) is 0 Å². The summed E-state index contributed by atoms with van der Waals surface area (Å²) in [6, 6.07) is 6.84. The van der Waals surface area contributed by atoms with Crippen LogP contribution in [0.2, 0.25) is 0 Å². The molecule has 0 saturated heterocycles. The fourth-order valence-electron chi connectivity index (χ4n) is 2.21. The number of nitrogens with zero attached hydrogens (tertiary/aromatic N) is 1. The first-order valence-electron chi connectivity index (χ1n) is 7.12. The summed E-state index contributed by atoms with van der Waals surface area (Å²) in [5, 5.41) is 11.9. The Kier molecular flexibility index (Phi) is 5.26. The summed E-state index contributed by atoms with van der Waals surface area (Å²) in [4.78, 5) is 23.4. The molecular formula is C16H17BrN2O4. The molecule has 23 heavy (non-hydrogen) atoms. The van der Waals surface area contributed by atoms with Crippen molar-refractivity contribution in [3.63, 3.8) is 0 Å². The van der Waals surface area contributed by atoms with Crippen molar-refractivity contribution in [2.45, 2.75) is 25.3 Å². The molecule has 1 aliphatic rings. The fourth-order valence-corrected chi connectivity index (χ4v) is 2.71. The van der Waals surface area contributed by atoms with Crippen molar-refractivity contribution in [2.24, 2.45) is 5.92 Å². The fraction of sp³-hybridized carbons (Fsp3) is 0.438. The van der Waals surface area contributed by atoms with Crippen LogP contribution in [0.5, 0.6) is 5.75 Å². The average molecular weight is 381 g/mol. The molecule has 1 aromatic carbocycles. The van der Waals surface area contributed by atoms with Crippen molar-refractivity contribution < 1.29 is 19.1 Å². The monoisotopic (exact) mass is 380 g/mol. The molecular weight excluding hydrogens is 364 g/mol. The summed E-state index contributed by atoms with van der Waals surface area (Å²) in [7, 11) is 1.30. The van der Waals surface area contributed by atoms with E-state index in [2.05, 4.69) is 32.1 Å². The number of ether oxygens (including phenoxy) is 2. The number of benzene rings is 1. The number of hydrogen-bond acceptors (Lipinski definition) is 5. The number of nitriles is 1. The molecule has 1 atom stereocenters. The first kappa shape index (κ1) is 17.3. The molecule has 6 nitrogen and oxygen atoms in total. The van der Waals surface area contributed by atoms with Gasteiger partial charge in [0.25, 0.3) is 5.91 Å². The topological polar surface area (TPSA) is 88.4 Å². The van der Waals surface area contributed by atoms with Gasteiger partial charge in [-0.25, -0.2) is 4.79 Å². The number of amides is 1. The van der Waals surface area contributed by atoms with Gasteiger partial charge in [-0.1, -0.05) is 0 Å². The highest BCUT2D eigenvalue weighted by Crippen LogP contribution is 2.39. The van der Waals surface area contributed by atoms with E-state index in [1.165, 1.54) is 7.11 Å². The molecule has 1 fully saturated rings. The van der Waals surface area contributed by atoms with Crippen LogP contribution in [0.3, 0.4) is 0 Å². The zero-order valence-electron chi connectivity index (χ0n) is 12.9. The lowest BCUT2D eigenvalue weighted by Gasteiger charge is -2.22. The predicted molar refractivity (Wildman–Crippen MR) is 85.9 cm³/mol. The minimum Gasteiger partial charge on any atom is -0.483 e. The van der Waals surface area contributed by atoms with Crippen molar-refractivity contribution in [1.29, 1.82) is 5.26 Å². The Morgan fingerprint density at radius 3 is 2.70 bits per heavy atom. The van der Waals surface area contributed by atoms with Gasteiger partial charge in [0.2, 0.25) is 0 Å². The maximum Gasteiger partial charge on any atom is 0.337 e. The molecule has 0 spiro atoms. The summed E-state index contributed by atoms with van der Waals surface area (Å²) in [6.45, 7) is 1.52. The smallest absolute Gasteiger partial charge is 0.337 e. The minimum absolute atomic E-state index is 0.208. The Balaban J connectivity index is 1.94. The second-order valence-electron chi connectivity index (χ2n) is 5.56. The van der Waals surface area contributed by atoms with Crippen LogP contribution in [0, 0.1) is 17.2 Å². The van der Waals surface area contributed by atoms with Crippen LogP contribution < -0.4 is 10.1 Å². The SMILES string of the molecule is COC(=O)c1ccc(OCC(=O)NC(C)(C#N)C2CC2)c(Br)c1. The van der Waals surface area contributed by atoms with E-state index in [9.17, 15) is 14.9 Å². The van der Waals surface area contributed by atoms with Crippen molar-refractivity contribution in [3.8, 4) is 11.8 Å². The lowest BCUT2D eigenvalue weighted by Crippen LogP contribution is -2.48. The van der Waals surface area contributed by atoms with Gasteiger partial charge < -0.3 is 14.8 Å². The number of esters is 1. The van der Waals surface area contributed by atoms with E-state index in [0.29, 0.717) is 15.8 Å². The van der Waals surface area contributed by atoms with Crippen molar-refractivity contribution in [1.82, 2.24) is 5.32 Å². The highest BCUT2D eigenvalue weighted by Gasteiger charge is 2.43. The van der Waals surface area contributed by atoms with Gasteiger partial charge in [-0.05, 0) is 59.8 Å². The third-order valence-electron chi connectivity index (χ3n) is 3.74. The molecule has 1 saturated carbocycles. The lowest BCUT2D eigenvalue weighted by atomic mass is 9.98. The summed E-state index contributed by atoms with van der Waals surface area (Å²) in [6.07, 6.45) is 1.90. The third-order valence-corrected chi connectivity index (χ3v) is 4.36. The number of carbonyl (C=O) groups excluding carboxylic acids is 2. The number of halogens is 1. The maximum absolute atomic E-state index is 12.0. The van der Waals surface area contributed by atoms with Crippen molar-refractivity contribution >= 4 is 27.8 Å². The second-order valence-corrected chi connectivity index (χ2v) is 6.42. The largest absolute Gasteiger partial charge is 0.483 e. The summed E-state index contributed by atoms with van der Waals surface area (Å²) >= 11 is 3.29. The molecule has 1 amide bonds. The van der Waals surface area contributed by atoms with Gasteiger partial charge in [-0.3, -0.25) is 4.79 Å². The van der Waals surface area contributed by atoms with E-state index >= 15 is 0 Å². The Bertz CT molecular complexity index is 667. The van der Waals surface area contributed by atoms with Gasteiger partial charge in [-0.2, -0.15) is 5.26 Å². The van der Waals surface area contributed by atoms with E-state index in [1.54, 1.807) is 25.1 Å². The van der Waals surface area contributed by atoms with Gasteiger partial charge >= 0.3 is 5.97 Å². The number of rotatable bonds is 6. The molecule has 0 heterocycles. The van der Waals surface area contributed by atoms with Gasteiger partial charge in [0.15, 0.2) is 6.61 Å². The number of carbonyl (C=O) groups is 2. The number of nitrogens with one attached hydrogen (secondary N) is 1. The van der Waals surface area contributed by atoms with Crippen LogP contribution in [-0.2, 0) is 9.53 Å². The van der Waals surface area contributed by atoms with E-state index in [0.717, 1.165) is 12.8 Å². The molecule has 122 valence electrons. The summed E-state index contributed by atoms with van der Waals surface area (Å²) in [5.74, 6) is -0.172. The number of hydrogen-bond donors (Lipinski definition) is 1. The molecule has 1 unspecified atom stereocenters. The van der Waals surface area contributed by atoms with Crippen LogP contribution in [-0.4, -0.2) is 31.1 Å². The third kappa shape index (κ3) is 4.23. The predicted octanol–water partition coefficient (Wildman–Crippen LogP) is 2.42. The Hall–Kier alpha value is -2.07.